The first kappa shape index (κ1) is 13.2. The lowest BCUT2D eigenvalue weighted by Crippen LogP contribution is -1.94. The lowest BCUT2D eigenvalue weighted by molar-refractivity contribution is 0.509. The zero-order chi connectivity index (χ0) is 14.8. The molecular formula is C16H11F2N3. The highest BCUT2D eigenvalue weighted by molar-refractivity contribution is 5.66. The van der Waals surface area contributed by atoms with Gasteiger partial charge in [-0.25, -0.2) is 18.7 Å². The first-order valence-corrected chi connectivity index (χ1v) is 6.28. The fourth-order valence-electron chi connectivity index (χ4n) is 1.99. The van der Waals surface area contributed by atoms with Crippen LogP contribution in [-0.2, 0) is 0 Å². The fourth-order valence-corrected chi connectivity index (χ4v) is 1.99. The van der Waals surface area contributed by atoms with Gasteiger partial charge in [0, 0.05) is 23.0 Å². The summed E-state index contributed by atoms with van der Waals surface area (Å²) in [4.78, 5) is 8.47. The number of benzene rings is 2. The second-order valence-corrected chi connectivity index (χ2v) is 4.52. The summed E-state index contributed by atoms with van der Waals surface area (Å²) in [5.41, 5.74) is 8.29. The molecule has 104 valence electrons. The first-order chi connectivity index (χ1) is 10.1. The zero-order valence-electron chi connectivity index (χ0n) is 10.9. The number of nitrogen functional groups attached to an aromatic ring is 1. The first-order valence-electron chi connectivity index (χ1n) is 6.28. The molecule has 0 unspecified atom stereocenters. The van der Waals surface area contributed by atoms with Crippen LogP contribution in [0, 0.1) is 11.6 Å². The molecule has 0 aliphatic rings. The van der Waals surface area contributed by atoms with Crippen LogP contribution in [0.2, 0.25) is 0 Å². The Morgan fingerprint density at radius 2 is 1.71 bits per heavy atom. The summed E-state index contributed by atoms with van der Waals surface area (Å²) in [6, 6.07) is 12.6. The molecule has 0 aliphatic carbocycles. The predicted molar refractivity (Wildman–Crippen MR) is 77.2 cm³/mol. The van der Waals surface area contributed by atoms with Gasteiger partial charge in [0.25, 0.3) is 0 Å². The molecule has 0 amide bonds. The number of nitrogens with two attached hydrogens (primary N) is 1. The Bertz CT molecular complexity index is 803. The second-order valence-electron chi connectivity index (χ2n) is 4.52. The van der Waals surface area contributed by atoms with Gasteiger partial charge in [0.2, 0.25) is 0 Å². The van der Waals surface area contributed by atoms with Gasteiger partial charge in [-0.2, -0.15) is 0 Å². The van der Waals surface area contributed by atoms with E-state index in [1.165, 1.54) is 6.07 Å². The van der Waals surface area contributed by atoms with Crippen LogP contribution in [0.25, 0.3) is 22.6 Å². The smallest absolute Gasteiger partial charge is 0.159 e. The maximum absolute atomic E-state index is 13.3. The third-order valence-electron chi connectivity index (χ3n) is 3.02. The number of hydrogen-bond donors (Lipinski definition) is 1. The van der Waals surface area contributed by atoms with Gasteiger partial charge >= 0.3 is 0 Å². The molecule has 21 heavy (non-hydrogen) atoms. The molecule has 0 saturated carbocycles. The summed E-state index contributed by atoms with van der Waals surface area (Å²) < 4.78 is 26.3. The van der Waals surface area contributed by atoms with Gasteiger partial charge in [0.05, 0.1) is 5.69 Å². The Labute approximate surface area is 120 Å². The Balaban J connectivity index is 2.05. The summed E-state index contributed by atoms with van der Waals surface area (Å²) in [6.07, 6.45) is 1.57. The molecule has 3 rings (SSSR count). The molecule has 0 saturated heterocycles. The highest BCUT2D eigenvalue weighted by atomic mass is 19.2. The van der Waals surface area contributed by atoms with E-state index in [0.717, 1.165) is 17.7 Å². The van der Waals surface area contributed by atoms with E-state index in [9.17, 15) is 8.78 Å². The van der Waals surface area contributed by atoms with Crippen LogP contribution in [-0.4, -0.2) is 9.97 Å². The van der Waals surface area contributed by atoms with Crippen molar-refractivity contribution in [3.05, 3.63) is 66.4 Å². The summed E-state index contributed by atoms with van der Waals surface area (Å²) in [5.74, 6) is -1.50. The van der Waals surface area contributed by atoms with Crippen molar-refractivity contribution in [1.82, 2.24) is 9.97 Å². The molecule has 0 fully saturated rings. The van der Waals surface area contributed by atoms with E-state index in [-0.39, 0.29) is 0 Å². The lowest BCUT2D eigenvalue weighted by Gasteiger charge is -2.05. The van der Waals surface area contributed by atoms with E-state index >= 15 is 0 Å². The largest absolute Gasteiger partial charge is 0.399 e. The van der Waals surface area contributed by atoms with Crippen LogP contribution in [0.4, 0.5) is 14.5 Å². The number of rotatable bonds is 2. The van der Waals surface area contributed by atoms with E-state index in [4.69, 9.17) is 5.73 Å². The van der Waals surface area contributed by atoms with E-state index in [1.807, 2.05) is 12.1 Å². The van der Waals surface area contributed by atoms with E-state index in [0.29, 0.717) is 22.8 Å². The molecule has 2 aromatic carbocycles. The van der Waals surface area contributed by atoms with Crippen molar-refractivity contribution in [2.45, 2.75) is 0 Å². The Hall–Kier alpha value is -2.82. The minimum absolute atomic E-state index is 0.328. The van der Waals surface area contributed by atoms with Gasteiger partial charge in [-0.1, -0.05) is 12.1 Å². The van der Waals surface area contributed by atoms with Gasteiger partial charge < -0.3 is 5.73 Å². The van der Waals surface area contributed by atoms with Crippen LogP contribution in [0.5, 0.6) is 0 Å². The monoisotopic (exact) mass is 283 g/mol. The van der Waals surface area contributed by atoms with Gasteiger partial charge in [-0.3, -0.25) is 0 Å². The van der Waals surface area contributed by atoms with Crippen molar-refractivity contribution in [3.8, 4) is 22.6 Å². The molecule has 1 aromatic heterocycles. The molecule has 2 N–H and O–H groups in total. The highest BCUT2D eigenvalue weighted by Crippen LogP contribution is 2.23. The van der Waals surface area contributed by atoms with Crippen molar-refractivity contribution in [1.29, 1.82) is 0 Å². The molecule has 1 heterocycles. The molecule has 0 aliphatic heterocycles. The number of nitrogens with zero attached hydrogens (tertiary/aromatic N) is 2. The Morgan fingerprint density at radius 1 is 0.857 bits per heavy atom. The third-order valence-corrected chi connectivity index (χ3v) is 3.02. The maximum atomic E-state index is 13.3. The summed E-state index contributed by atoms with van der Waals surface area (Å²) in [5, 5.41) is 0. The number of halogens is 2. The minimum atomic E-state index is -0.926. The Kier molecular flexibility index (Phi) is 3.31. The quantitative estimate of drug-likeness (QED) is 0.730. The van der Waals surface area contributed by atoms with Crippen LogP contribution in [0.1, 0.15) is 0 Å². The summed E-state index contributed by atoms with van der Waals surface area (Å²) in [7, 11) is 0. The predicted octanol–water partition coefficient (Wildman–Crippen LogP) is 3.67. The van der Waals surface area contributed by atoms with Gasteiger partial charge in [-0.05, 0) is 36.4 Å². The standard InChI is InChI=1S/C16H11F2N3/c17-13-5-4-11(9-14(13)18)16-20-7-6-15(21-16)10-2-1-3-12(19)8-10/h1-9H,19H2. The number of hydrogen-bond acceptors (Lipinski definition) is 3. The fraction of sp³-hybridized carbons (Fsp3) is 0. The average molecular weight is 283 g/mol. The molecule has 0 radical (unpaired) electrons. The lowest BCUT2D eigenvalue weighted by atomic mass is 10.1. The van der Waals surface area contributed by atoms with Crippen LogP contribution >= 0.6 is 0 Å². The van der Waals surface area contributed by atoms with Crippen LogP contribution in [0.3, 0.4) is 0 Å². The van der Waals surface area contributed by atoms with Gasteiger partial charge in [0.1, 0.15) is 0 Å². The highest BCUT2D eigenvalue weighted by Gasteiger charge is 2.08. The number of aromatic nitrogens is 2. The van der Waals surface area contributed by atoms with Gasteiger partial charge in [-0.15, -0.1) is 0 Å². The summed E-state index contributed by atoms with van der Waals surface area (Å²) in [6.45, 7) is 0. The van der Waals surface area contributed by atoms with Crippen LogP contribution < -0.4 is 5.73 Å². The van der Waals surface area contributed by atoms with Gasteiger partial charge in [0.15, 0.2) is 17.5 Å². The molecule has 5 heteroatoms. The topological polar surface area (TPSA) is 51.8 Å². The zero-order valence-corrected chi connectivity index (χ0v) is 10.9. The van der Waals surface area contributed by atoms with Crippen molar-refractivity contribution in [3.63, 3.8) is 0 Å². The molecular weight excluding hydrogens is 272 g/mol. The van der Waals surface area contributed by atoms with Crippen molar-refractivity contribution in [2.75, 3.05) is 5.73 Å². The number of anilines is 1. The second kappa shape index (κ2) is 5.28. The van der Waals surface area contributed by atoms with E-state index in [1.54, 1.807) is 24.4 Å². The molecule has 0 atom stereocenters. The minimum Gasteiger partial charge on any atom is -0.399 e. The molecule has 3 aromatic rings. The normalized spacial score (nSPS) is 10.6. The van der Waals surface area contributed by atoms with E-state index < -0.39 is 11.6 Å². The van der Waals surface area contributed by atoms with E-state index in [2.05, 4.69) is 9.97 Å². The van der Waals surface area contributed by atoms with Crippen LogP contribution in [0.15, 0.2) is 54.7 Å². The maximum Gasteiger partial charge on any atom is 0.159 e. The van der Waals surface area contributed by atoms with Crippen molar-refractivity contribution in [2.24, 2.45) is 0 Å². The SMILES string of the molecule is Nc1cccc(-c2ccnc(-c3ccc(F)c(F)c3)n2)c1. The average Bonchev–Trinajstić information content (AvgIpc) is 2.50. The molecule has 3 nitrogen and oxygen atoms in total. The molecule has 0 bridgehead atoms. The molecule has 0 spiro atoms. The van der Waals surface area contributed by atoms with Crippen molar-refractivity contribution >= 4 is 5.69 Å². The summed E-state index contributed by atoms with van der Waals surface area (Å²) >= 11 is 0. The Morgan fingerprint density at radius 3 is 2.48 bits per heavy atom. The third kappa shape index (κ3) is 2.72. The van der Waals surface area contributed by atoms with Crippen molar-refractivity contribution < 1.29 is 8.78 Å².